The molecular weight excluding hydrogens is 404 g/mol. The lowest BCUT2D eigenvalue weighted by Crippen LogP contribution is -2.55. The standard InChI is InChI=1S/C22H14B5N5O/c1-10-28-9-15(32(10)2)13-5-3-11-8-29-16(7-14(11)30-13)31-17(33)6-4-12-18(23)20(25)22(27)21(26)19(12)24/h3-9H,1-2H3,(H,29,31,33)/b6-4+. The van der Waals surface area contributed by atoms with Gasteiger partial charge in [0.25, 0.3) is 0 Å². The van der Waals surface area contributed by atoms with Gasteiger partial charge in [0.1, 0.15) is 50.9 Å². The lowest BCUT2D eigenvalue weighted by molar-refractivity contribution is -0.111. The molecule has 0 atom stereocenters. The zero-order valence-corrected chi connectivity index (χ0v) is 18.1. The second kappa shape index (κ2) is 8.81. The van der Waals surface area contributed by atoms with Gasteiger partial charge in [-0.05, 0) is 24.6 Å². The Morgan fingerprint density at radius 1 is 0.970 bits per heavy atom. The van der Waals surface area contributed by atoms with Crippen LogP contribution in [0.15, 0.2) is 36.7 Å². The number of aromatic nitrogens is 4. The van der Waals surface area contributed by atoms with Gasteiger partial charge in [0.2, 0.25) is 5.91 Å². The summed E-state index contributed by atoms with van der Waals surface area (Å²) < 4.78 is 1.96. The summed E-state index contributed by atoms with van der Waals surface area (Å²) in [5.41, 5.74) is 3.28. The first kappa shape index (κ1) is 22.7. The van der Waals surface area contributed by atoms with E-state index in [1.54, 1.807) is 18.5 Å². The molecule has 1 aromatic carbocycles. The Labute approximate surface area is 198 Å². The van der Waals surface area contributed by atoms with E-state index < -0.39 is 5.91 Å². The van der Waals surface area contributed by atoms with Crippen LogP contribution >= 0.6 is 0 Å². The van der Waals surface area contributed by atoms with Gasteiger partial charge in [-0.2, -0.15) is 0 Å². The summed E-state index contributed by atoms with van der Waals surface area (Å²) in [6.45, 7) is 1.92. The monoisotopic (exact) mass is 419 g/mol. The lowest BCUT2D eigenvalue weighted by atomic mass is 9.60. The number of aryl methyl sites for hydroxylation is 1. The molecule has 0 spiro atoms. The van der Waals surface area contributed by atoms with E-state index in [9.17, 15) is 4.79 Å². The molecule has 0 aliphatic carbocycles. The number of anilines is 1. The minimum atomic E-state index is -0.451. The van der Waals surface area contributed by atoms with Crippen LogP contribution in [0.25, 0.3) is 28.4 Å². The van der Waals surface area contributed by atoms with E-state index in [2.05, 4.69) is 20.3 Å². The van der Waals surface area contributed by atoms with Crippen molar-refractivity contribution in [3.8, 4) is 11.4 Å². The first-order chi connectivity index (χ1) is 15.7. The Bertz CT molecular complexity index is 1420. The minimum absolute atomic E-state index is 0.111. The van der Waals surface area contributed by atoms with Crippen LogP contribution in [0, 0.1) is 6.92 Å². The smallest absolute Gasteiger partial charge is 0.249 e. The van der Waals surface area contributed by atoms with Crippen molar-refractivity contribution in [2.24, 2.45) is 7.05 Å². The van der Waals surface area contributed by atoms with Gasteiger partial charge in [-0.25, -0.2) is 15.0 Å². The maximum Gasteiger partial charge on any atom is 0.249 e. The molecule has 6 nitrogen and oxygen atoms in total. The summed E-state index contributed by atoms with van der Waals surface area (Å²) in [4.78, 5) is 25.7. The number of pyridine rings is 2. The molecule has 0 saturated carbocycles. The fourth-order valence-electron chi connectivity index (χ4n) is 3.34. The number of hydrogen-bond donors (Lipinski definition) is 1. The van der Waals surface area contributed by atoms with E-state index in [0.717, 1.165) is 22.6 Å². The fraction of sp³-hybridized carbons (Fsp3) is 0.0909. The SMILES string of the molecule is [B]c1c([B])c([B])c(/C=C/C(=O)Nc2cc3nc(-c4cnc(C)n4C)ccc3cn2)c([B])c1[B]. The molecule has 0 saturated heterocycles. The molecule has 1 amide bonds. The number of hydrogen-bond acceptors (Lipinski definition) is 4. The Morgan fingerprint density at radius 2 is 1.64 bits per heavy atom. The van der Waals surface area contributed by atoms with Gasteiger partial charge in [-0.15, -0.1) is 16.4 Å². The first-order valence-corrected chi connectivity index (χ1v) is 9.93. The minimum Gasteiger partial charge on any atom is -0.330 e. The molecule has 1 N–H and O–H groups in total. The molecule has 10 radical (unpaired) electrons. The maximum absolute atomic E-state index is 12.5. The van der Waals surface area contributed by atoms with Crippen LogP contribution in [0.1, 0.15) is 11.4 Å². The molecular formula is C22H14B5N5O. The average molecular weight is 418 g/mol. The molecule has 4 aromatic rings. The topological polar surface area (TPSA) is 72.7 Å². The summed E-state index contributed by atoms with van der Waals surface area (Å²) in [5, 5.41) is 3.53. The zero-order chi connectivity index (χ0) is 23.9. The van der Waals surface area contributed by atoms with E-state index in [1.807, 2.05) is 30.7 Å². The van der Waals surface area contributed by atoms with E-state index >= 15 is 0 Å². The average Bonchev–Trinajstić information content (AvgIpc) is 3.14. The lowest BCUT2D eigenvalue weighted by Gasteiger charge is -2.18. The number of benzene rings is 1. The van der Waals surface area contributed by atoms with Gasteiger partial charge in [0, 0.05) is 30.8 Å². The Hall–Kier alpha value is -3.48. The number of nitrogens with zero attached hydrogens (tertiary/aromatic N) is 4. The van der Waals surface area contributed by atoms with Crippen molar-refractivity contribution in [3.05, 3.63) is 48.1 Å². The van der Waals surface area contributed by atoms with E-state index in [1.165, 1.54) is 12.2 Å². The van der Waals surface area contributed by atoms with Crippen molar-refractivity contribution < 1.29 is 4.79 Å². The Kier molecular flexibility index (Phi) is 6.06. The molecule has 3 aromatic heterocycles. The molecule has 0 fully saturated rings. The van der Waals surface area contributed by atoms with Crippen LogP contribution in [-0.2, 0) is 11.8 Å². The fourth-order valence-corrected chi connectivity index (χ4v) is 3.34. The third-order valence-corrected chi connectivity index (χ3v) is 5.45. The van der Waals surface area contributed by atoms with E-state index in [4.69, 9.17) is 39.2 Å². The van der Waals surface area contributed by atoms with Crippen molar-refractivity contribution in [3.63, 3.8) is 0 Å². The van der Waals surface area contributed by atoms with Crippen LogP contribution in [-0.4, -0.2) is 64.7 Å². The summed E-state index contributed by atoms with van der Waals surface area (Å²) >= 11 is 0. The van der Waals surface area contributed by atoms with Gasteiger partial charge in [0.05, 0.1) is 23.1 Å². The number of carbonyl (C=O) groups excluding carboxylic acids is 1. The quantitative estimate of drug-likeness (QED) is 0.306. The van der Waals surface area contributed by atoms with Crippen molar-refractivity contribution >= 4 is 95.2 Å². The molecule has 4 rings (SSSR count). The van der Waals surface area contributed by atoms with Crippen LogP contribution < -0.4 is 32.6 Å². The molecule has 11 heteroatoms. The van der Waals surface area contributed by atoms with Crippen molar-refractivity contribution in [2.45, 2.75) is 6.92 Å². The second-order valence-corrected chi connectivity index (χ2v) is 7.51. The molecule has 148 valence electrons. The highest BCUT2D eigenvalue weighted by molar-refractivity contribution is 6.67. The molecule has 0 bridgehead atoms. The third kappa shape index (κ3) is 4.27. The third-order valence-electron chi connectivity index (χ3n) is 5.45. The summed E-state index contributed by atoms with van der Waals surface area (Å²) in [5.74, 6) is 0.764. The number of rotatable bonds is 4. The molecule has 0 unspecified atom stereocenters. The molecule has 0 aliphatic rings. The number of fused-ring (bicyclic) bond motifs is 1. The van der Waals surface area contributed by atoms with Crippen LogP contribution in [0.5, 0.6) is 0 Å². The van der Waals surface area contributed by atoms with Crippen molar-refractivity contribution in [1.29, 1.82) is 0 Å². The number of carbonyl (C=O) groups is 1. The van der Waals surface area contributed by atoms with Crippen molar-refractivity contribution in [1.82, 2.24) is 19.5 Å². The highest BCUT2D eigenvalue weighted by atomic mass is 16.1. The van der Waals surface area contributed by atoms with Gasteiger partial charge in [-0.1, -0.05) is 17.0 Å². The van der Waals surface area contributed by atoms with E-state index in [-0.39, 0.29) is 27.3 Å². The molecule has 0 aliphatic heterocycles. The van der Waals surface area contributed by atoms with Crippen LogP contribution in [0.4, 0.5) is 5.82 Å². The summed E-state index contributed by atoms with van der Waals surface area (Å²) in [6.07, 6.45) is 6.09. The number of imidazole rings is 1. The predicted octanol–water partition coefficient (Wildman–Crippen LogP) is -2.04. The highest BCUT2D eigenvalue weighted by Gasteiger charge is 2.11. The zero-order valence-electron chi connectivity index (χ0n) is 18.1. The maximum atomic E-state index is 12.5. The Balaban J connectivity index is 1.59. The van der Waals surface area contributed by atoms with Crippen molar-refractivity contribution in [2.75, 3.05) is 5.32 Å². The van der Waals surface area contributed by atoms with Gasteiger partial charge in [0.15, 0.2) is 0 Å². The number of nitrogens with one attached hydrogen (secondary N) is 1. The molecule has 3 heterocycles. The van der Waals surface area contributed by atoms with Gasteiger partial charge in [-0.3, -0.25) is 4.79 Å². The van der Waals surface area contributed by atoms with Crippen LogP contribution in [0.3, 0.4) is 0 Å². The van der Waals surface area contributed by atoms with Crippen LogP contribution in [0.2, 0.25) is 0 Å². The molecule has 33 heavy (non-hydrogen) atoms. The van der Waals surface area contributed by atoms with Gasteiger partial charge < -0.3 is 9.88 Å². The first-order valence-electron chi connectivity index (χ1n) is 9.93. The second-order valence-electron chi connectivity index (χ2n) is 7.51. The predicted molar refractivity (Wildman–Crippen MR) is 138 cm³/mol. The summed E-state index contributed by atoms with van der Waals surface area (Å²) in [7, 11) is 31.4. The highest BCUT2D eigenvalue weighted by Crippen LogP contribution is 2.22. The van der Waals surface area contributed by atoms with Gasteiger partial charge >= 0.3 is 0 Å². The van der Waals surface area contributed by atoms with E-state index in [0.29, 0.717) is 16.9 Å². The normalized spacial score (nSPS) is 11.3. The number of amides is 1. The largest absolute Gasteiger partial charge is 0.330 e. The Morgan fingerprint density at radius 3 is 2.27 bits per heavy atom. The summed E-state index contributed by atoms with van der Waals surface area (Å²) in [6, 6.07) is 5.51.